The molecule has 1 heterocycles. The van der Waals surface area contributed by atoms with Crippen LogP contribution in [0.3, 0.4) is 0 Å². The van der Waals surface area contributed by atoms with Gasteiger partial charge in [0, 0.05) is 19.1 Å². The maximum atomic E-state index is 5.98. The van der Waals surface area contributed by atoms with Gasteiger partial charge in [-0.2, -0.15) is 0 Å². The maximum absolute atomic E-state index is 5.98. The lowest BCUT2D eigenvalue weighted by Gasteiger charge is -2.40. The van der Waals surface area contributed by atoms with Gasteiger partial charge in [0.25, 0.3) is 0 Å². The number of nitrogens with zero attached hydrogens (tertiary/aromatic N) is 1. The van der Waals surface area contributed by atoms with E-state index in [2.05, 4.69) is 25.7 Å². The molecule has 0 aromatic carbocycles. The minimum absolute atomic E-state index is 0.380. The zero-order valence-corrected chi connectivity index (χ0v) is 12.3. The summed E-state index contributed by atoms with van der Waals surface area (Å²) in [6, 6.07) is 0.674. The van der Waals surface area contributed by atoms with E-state index in [1.165, 1.54) is 25.7 Å². The molecule has 2 rings (SSSR count). The molecule has 1 saturated heterocycles. The Morgan fingerprint density at radius 1 is 1.33 bits per heavy atom. The van der Waals surface area contributed by atoms with Gasteiger partial charge >= 0.3 is 0 Å². The number of fused-ring (bicyclic) bond motifs is 1. The number of ether oxygens (including phenoxy) is 1. The molecular formula is C15H30N2O. The van der Waals surface area contributed by atoms with E-state index < -0.39 is 0 Å². The van der Waals surface area contributed by atoms with Gasteiger partial charge in [0.05, 0.1) is 12.7 Å². The molecule has 2 aliphatic rings. The van der Waals surface area contributed by atoms with Gasteiger partial charge in [0.15, 0.2) is 0 Å². The molecular weight excluding hydrogens is 224 g/mol. The third-order valence-corrected chi connectivity index (χ3v) is 4.32. The van der Waals surface area contributed by atoms with Crippen LogP contribution >= 0.6 is 0 Å². The molecule has 106 valence electrons. The predicted octanol–water partition coefficient (Wildman–Crippen LogP) is 2.25. The summed E-state index contributed by atoms with van der Waals surface area (Å²) in [5.74, 6) is 0.629. The molecule has 2 N–H and O–H groups in total. The first-order valence-electron chi connectivity index (χ1n) is 7.55. The van der Waals surface area contributed by atoms with Crippen LogP contribution in [-0.4, -0.2) is 43.3 Å². The maximum Gasteiger partial charge on any atom is 0.0730 e. The molecule has 18 heavy (non-hydrogen) atoms. The molecule has 0 bridgehead atoms. The Kier molecular flexibility index (Phi) is 4.68. The van der Waals surface area contributed by atoms with Crippen LogP contribution in [0.2, 0.25) is 0 Å². The molecule has 1 aliphatic heterocycles. The quantitative estimate of drug-likeness (QED) is 0.836. The first-order chi connectivity index (χ1) is 8.49. The van der Waals surface area contributed by atoms with Crippen molar-refractivity contribution < 1.29 is 4.74 Å². The van der Waals surface area contributed by atoms with Gasteiger partial charge in [-0.05, 0) is 43.6 Å². The zero-order valence-electron chi connectivity index (χ0n) is 12.3. The van der Waals surface area contributed by atoms with Crippen LogP contribution in [0.1, 0.15) is 46.5 Å². The second-order valence-corrected chi connectivity index (χ2v) is 7.27. The van der Waals surface area contributed by atoms with Crippen molar-refractivity contribution in [3.63, 3.8) is 0 Å². The lowest BCUT2D eigenvalue weighted by molar-refractivity contribution is -0.0612. The SMILES string of the molecule is CC(C)(C)CC(CN)CN1CCOC2CCCC21. The predicted molar refractivity (Wildman–Crippen MR) is 75.6 cm³/mol. The smallest absolute Gasteiger partial charge is 0.0730 e. The van der Waals surface area contributed by atoms with Crippen molar-refractivity contribution >= 4 is 0 Å². The molecule has 3 heteroatoms. The Morgan fingerprint density at radius 2 is 2.11 bits per heavy atom. The van der Waals surface area contributed by atoms with E-state index >= 15 is 0 Å². The summed E-state index contributed by atoms with van der Waals surface area (Å²) < 4.78 is 5.88. The summed E-state index contributed by atoms with van der Waals surface area (Å²) in [5, 5.41) is 0. The molecule has 3 nitrogen and oxygen atoms in total. The highest BCUT2D eigenvalue weighted by atomic mass is 16.5. The monoisotopic (exact) mass is 254 g/mol. The Balaban J connectivity index is 1.90. The van der Waals surface area contributed by atoms with E-state index in [0.717, 1.165) is 26.2 Å². The van der Waals surface area contributed by atoms with E-state index in [1.54, 1.807) is 0 Å². The lowest BCUT2D eigenvalue weighted by Crippen LogP contribution is -2.51. The van der Waals surface area contributed by atoms with Gasteiger partial charge in [-0.1, -0.05) is 20.8 Å². The topological polar surface area (TPSA) is 38.5 Å². The van der Waals surface area contributed by atoms with Crippen LogP contribution in [0.25, 0.3) is 0 Å². The third kappa shape index (κ3) is 3.69. The van der Waals surface area contributed by atoms with E-state index in [4.69, 9.17) is 10.5 Å². The largest absolute Gasteiger partial charge is 0.375 e. The second-order valence-electron chi connectivity index (χ2n) is 7.27. The van der Waals surface area contributed by atoms with Gasteiger partial charge in [0.2, 0.25) is 0 Å². The molecule has 0 amide bonds. The van der Waals surface area contributed by atoms with Crippen molar-refractivity contribution in [3.8, 4) is 0 Å². The Hall–Kier alpha value is -0.120. The van der Waals surface area contributed by atoms with Gasteiger partial charge in [-0.25, -0.2) is 0 Å². The summed E-state index contributed by atoms with van der Waals surface area (Å²) in [6.07, 6.45) is 5.63. The van der Waals surface area contributed by atoms with Crippen molar-refractivity contribution in [1.29, 1.82) is 0 Å². The van der Waals surface area contributed by atoms with Crippen molar-refractivity contribution in [2.45, 2.75) is 58.6 Å². The number of nitrogens with two attached hydrogens (primary N) is 1. The van der Waals surface area contributed by atoms with Crippen LogP contribution in [0, 0.1) is 11.3 Å². The van der Waals surface area contributed by atoms with Crippen molar-refractivity contribution in [2.75, 3.05) is 26.2 Å². The molecule has 0 spiro atoms. The Morgan fingerprint density at radius 3 is 2.78 bits per heavy atom. The number of morpholine rings is 1. The number of hydrogen-bond donors (Lipinski definition) is 1. The van der Waals surface area contributed by atoms with E-state index in [0.29, 0.717) is 23.5 Å². The van der Waals surface area contributed by atoms with Crippen LogP contribution in [0.5, 0.6) is 0 Å². The summed E-state index contributed by atoms with van der Waals surface area (Å²) in [4.78, 5) is 2.66. The fourth-order valence-corrected chi connectivity index (χ4v) is 3.65. The van der Waals surface area contributed by atoms with Gasteiger partial charge in [0.1, 0.15) is 0 Å². The van der Waals surface area contributed by atoms with Crippen molar-refractivity contribution in [3.05, 3.63) is 0 Å². The Labute approximate surface area is 112 Å². The highest BCUT2D eigenvalue weighted by molar-refractivity contribution is 4.90. The normalized spacial score (nSPS) is 31.3. The van der Waals surface area contributed by atoms with Crippen molar-refractivity contribution in [1.82, 2.24) is 4.90 Å². The van der Waals surface area contributed by atoms with E-state index in [-0.39, 0.29) is 0 Å². The van der Waals surface area contributed by atoms with Gasteiger partial charge in [-0.15, -0.1) is 0 Å². The van der Waals surface area contributed by atoms with Crippen LogP contribution in [-0.2, 0) is 4.74 Å². The summed E-state index contributed by atoms with van der Waals surface area (Å²) in [6.45, 7) is 10.9. The minimum Gasteiger partial charge on any atom is -0.375 e. The van der Waals surface area contributed by atoms with E-state index in [1.807, 2.05) is 0 Å². The highest BCUT2D eigenvalue weighted by Gasteiger charge is 2.36. The van der Waals surface area contributed by atoms with Gasteiger partial charge < -0.3 is 10.5 Å². The zero-order chi connectivity index (χ0) is 13.2. The summed E-state index contributed by atoms with van der Waals surface area (Å²) in [7, 11) is 0. The van der Waals surface area contributed by atoms with Crippen LogP contribution in [0.4, 0.5) is 0 Å². The molecule has 3 unspecified atom stereocenters. The fraction of sp³-hybridized carbons (Fsp3) is 1.00. The molecule has 0 aromatic heterocycles. The molecule has 3 atom stereocenters. The second kappa shape index (κ2) is 5.89. The highest BCUT2D eigenvalue weighted by Crippen LogP contribution is 2.31. The van der Waals surface area contributed by atoms with Gasteiger partial charge in [-0.3, -0.25) is 4.90 Å². The summed E-state index contributed by atoms with van der Waals surface area (Å²) >= 11 is 0. The molecule has 2 fully saturated rings. The van der Waals surface area contributed by atoms with E-state index in [9.17, 15) is 0 Å². The third-order valence-electron chi connectivity index (χ3n) is 4.32. The summed E-state index contributed by atoms with van der Waals surface area (Å²) in [5.41, 5.74) is 6.36. The lowest BCUT2D eigenvalue weighted by atomic mass is 9.84. The standard InChI is InChI=1S/C15H30N2O/c1-15(2,3)9-12(10-16)11-17-7-8-18-14-6-4-5-13(14)17/h12-14H,4-11,16H2,1-3H3. The van der Waals surface area contributed by atoms with Crippen LogP contribution < -0.4 is 5.73 Å². The number of hydrogen-bond acceptors (Lipinski definition) is 3. The fourth-order valence-electron chi connectivity index (χ4n) is 3.65. The Bertz CT molecular complexity index is 262. The molecule has 0 aromatic rings. The average Bonchev–Trinajstić information content (AvgIpc) is 2.75. The van der Waals surface area contributed by atoms with Crippen molar-refractivity contribution in [2.24, 2.45) is 17.1 Å². The molecule has 1 aliphatic carbocycles. The minimum atomic E-state index is 0.380. The number of rotatable bonds is 4. The first kappa shape index (κ1) is 14.3. The first-order valence-corrected chi connectivity index (χ1v) is 7.55. The molecule has 1 saturated carbocycles. The van der Waals surface area contributed by atoms with Crippen LogP contribution in [0.15, 0.2) is 0 Å². The molecule has 0 radical (unpaired) electrons. The average molecular weight is 254 g/mol.